The summed E-state index contributed by atoms with van der Waals surface area (Å²) in [5, 5.41) is 6.71. The molecule has 3 heterocycles. The Balaban J connectivity index is 1.20. The fourth-order valence-corrected chi connectivity index (χ4v) is 5.26. The van der Waals surface area contributed by atoms with E-state index in [1.807, 2.05) is 29.7 Å². The van der Waals surface area contributed by atoms with Gasteiger partial charge in [0.1, 0.15) is 5.75 Å². The zero-order valence-electron chi connectivity index (χ0n) is 18.8. The Morgan fingerprint density at radius 2 is 2.12 bits per heavy atom. The molecule has 2 aromatic heterocycles. The molecule has 0 saturated carbocycles. The van der Waals surface area contributed by atoms with Crippen LogP contribution in [0.4, 0.5) is 0 Å². The number of nitrogens with one attached hydrogen (secondary N) is 1. The normalized spacial score (nSPS) is 16.2. The number of nitrogens with zero attached hydrogens (tertiary/aromatic N) is 1. The molecule has 0 radical (unpaired) electrons. The first-order chi connectivity index (χ1) is 15.7. The lowest BCUT2D eigenvalue weighted by molar-refractivity contribution is -0.149. The van der Waals surface area contributed by atoms with E-state index in [1.165, 1.54) is 21.4 Å². The maximum absolute atomic E-state index is 12.1. The predicted molar refractivity (Wildman–Crippen MR) is 130 cm³/mol. The van der Waals surface area contributed by atoms with Crippen molar-refractivity contribution in [1.29, 1.82) is 0 Å². The van der Waals surface area contributed by atoms with Crippen LogP contribution in [-0.2, 0) is 28.8 Å². The van der Waals surface area contributed by atoms with E-state index in [-0.39, 0.29) is 11.9 Å². The van der Waals surface area contributed by atoms with Crippen LogP contribution in [0.1, 0.15) is 41.7 Å². The predicted octanol–water partition coefficient (Wildman–Crippen LogP) is 4.96. The SMILES string of the molecule is COc1ccc2nccc(CCCc3csc(CCCOC(=O)[C@@H]4CCCNC4)c3)c2c1. The van der Waals surface area contributed by atoms with Gasteiger partial charge in [0.15, 0.2) is 0 Å². The minimum absolute atomic E-state index is 0.0367. The lowest BCUT2D eigenvalue weighted by atomic mass is 10.0. The fraction of sp³-hybridized carbons (Fsp3) is 0.462. The summed E-state index contributed by atoms with van der Waals surface area (Å²) in [6.45, 7) is 2.29. The van der Waals surface area contributed by atoms with Crippen molar-refractivity contribution >= 4 is 28.2 Å². The maximum atomic E-state index is 12.1. The smallest absolute Gasteiger partial charge is 0.310 e. The molecule has 6 heteroatoms. The van der Waals surface area contributed by atoms with Gasteiger partial charge in [-0.1, -0.05) is 0 Å². The van der Waals surface area contributed by atoms with Crippen molar-refractivity contribution in [3.63, 3.8) is 0 Å². The summed E-state index contributed by atoms with van der Waals surface area (Å²) < 4.78 is 10.9. The van der Waals surface area contributed by atoms with Gasteiger partial charge in [0.05, 0.1) is 25.2 Å². The Morgan fingerprint density at radius 1 is 1.19 bits per heavy atom. The Kier molecular flexibility index (Phi) is 8.13. The summed E-state index contributed by atoms with van der Waals surface area (Å²) in [6.07, 6.45) is 8.93. The third kappa shape index (κ3) is 6.08. The average molecular weight is 453 g/mol. The zero-order chi connectivity index (χ0) is 22.2. The van der Waals surface area contributed by atoms with Gasteiger partial charge in [0.2, 0.25) is 0 Å². The van der Waals surface area contributed by atoms with Gasteiger partial charge < -0.3 is 14.8 Å². The molecule has 4 rings (SSSR count). The van der Waals surface area contributed by atoms with Crippen LogP contribution in [0.3, 0.4) is 0 Å². The van der Waals surface area contributed by atoms with E-state index in [4.69, 9.17) is 9.47 Å². The van der Waals surface area contributed by atoms with Crippen LogP contribution in [0, 0.1) is 5.92 Å². The van der Waals surface area contributed by atoms with Crippen LogP contribution < -0.4 is 10.1 Å². The number of thiophene rings is 1. The topological polar surface area (TPSA) is 60.5 Å². The summed E-state index contributed by atoms with van der Waals surface area (Å²) >= 11 is 1.81. The summed E-state index contributed by atoms with van der Waals surface area (Å²) in [6, 6.07) is 10.5. The summed E-state index contributed by atoms with van der Waals surface area (Å²) in [5.74, 6) is 0.872. The molecule has 170 valence electrons. The lowest BCUT2D eigenvalue weighted by Crippen LogP contribution is -2.35. The summed E-state index contributed by atoms with van der Waals surface area (Å²) in [5.41, 5.74) is 3.73. The van der Waals surface area contributed by atoms with Crippen molar-refractivity contribution in [3.05, 3.63) is 57.9 Å². The second-order valence-electron chi connectivity index (χ2n) is 8.44. The standard InChI is InChI=1S/C26H32N2O3S/c1-30-22-9-10-25-24(16-22)20(11-13-28-25)6-2-5-19-15-23(32-18-19)8-4-14-31-26(29)21-7-3-12-27-17-21/h9-11,13,15-16,18,21,27H,2-8,12,14,17H2,1H3/t21-/m1/s1. The molecule has 1 aliphatic rings. The van der Waals surface area contributed by atoms with Gasteiger partial charge in [-0.05, 0) is 98.3 Å². The van der Waals surface area contributed by atoms with E-state index in [1.54, 1.807) is 7.11 Å². The number of rotatable bonds is 10. The molecule has 0 unspecified atom stereocenters. The number of esters is 1. The van der Waals surface area contributed by atoms with Crippen molar-refractivity contribution in [3.8, 4) is 5.75 Å². The van der Waals surface area contributed by atoms with Crippen LogP contribution in [0.5, 0.6) is 5.75 Å². The summed E-state index contributed by atoms with van der Waals surface area (Å²) in [4.78, 5) is 17.9. The highest BCUT2D eigenvalue weighted by atomic mass is 32.1. The van der Waals surface area contributed by atoms with Gasteiger partial charge in [0.25, 0.3) is 0 Å². The van der Waals surface area contributed by atoms with Crippen LogP contribution in [0.25, 0.3) is 10.9 Å². The molecular formula is C26H32N2O3S. The van der Waals surface area contributed by atoms with Crippen molar-refractivity contribution in [2.75, 3.05) is 26.8 Å². The van der Waals surface area contributed by atoms with Gasteiger partial charge in [-0.15, -0.1) is 11.3 Å². The Bertz CT molecular complexity index is 1030. The highest BCUT2D eigenvalue weighted by Gasteiger charge is 2.21. The van der Waals surface area contributed by atoms with Gasteiger partial charge in [-0.25, -0.2) is 0 Å². The zero-order valence-corrected chi connectivity index (χ0v) is 19.6. The molecule has 1 atom stereocenters. The van der Waals surface area contributed by atoms with Crippen molar-refractivity contribution in [1.82, 2.24) is 10.3 Å². The number of carbonyl (C=O) groups excluding carboxylic acids is 1. The van der Waals surface area contributed by atoms with Gasteiger partial charge >= 0.3 is 5.97 Å². The molecule has 1 aliphatic heterocycles. The number of ether oxygens (including phenoxy) is 2. The molecule has 5 nitrogen and oxygen atoms in total. The number of benzene rings is 1. The Labute approximate surface area is 194 Å². The number of methoxy groups -OCH3 is 1. The number of hydrogen-bond acceptors (Lipinski definition) is 6. The summed E-state index contributed by atoms with van der Waals surface area (Å²) in [7, 11) is 1.70. The van der Waals surface area contributed by atoms with Crippen molar-refractivity contribution in [2.45, 2.75) is 44.9 Å². The minimum Gasteiger partial charge on any atom is -0.497 e. The molecule has 1 fully saturated rings. The van der Waals surface area contributed by atoms with Crippen molar-refractivity contribution < 1.29 is 14.3 Å². The number of aryl methyl sites for hydroxylation is 3. The molecule has 3 aromatic rings. The lowest BCUT2D eigenvalue weighted by Gasteiger charge is -2.21. The van der Waals surface area contributed by atoms with Gasteiger partial charge in [-0.2, -0.15) is 0 Å². The first-order valence-electron chi connectivity index (χ1n) is 11.6. The molecule has 0 bridgehead atoms. The van der Waals surface area contributed by atoms with Crippen LogP contribution in [0.15, 0.2) is 41.9 Å². The third-order valence-corrected chi connectivity index (χ3v) is 7.15. The minimum atomic E-state index is -0.0367. The monoisotopic (exact) mass is 452 g/mol. The van der Waals surface area contributed by atoms with E-state index in [9.17, 15) is 4.79 Å². The van der Waals surface area contributed by atoms with E-state index < -0.39 is 0 Å². The molecular weight excluding hydrogens is 420 g/mol. The van der Waals surface area contributed by atoms with Gasteiger partial charge in [-0.3, -0.25) is 9.78 Å². The number of aromatic nitrogens is 1. The van der Waals surface area contributed by atoms with Crippen molar-refractivity contribution in [2.24, 2.45) is 5.92 Å². The quantitative estimate of drug-likeness (QED) is 0.348. The first kappa shape index (κ1) is 22.7. The third-order valence-electron chi connectivity index (χ3n) is 6.10. The molecule has 1 aromatic carbocycles. The highest BCUT2D eigenvalue weighted by Crippen LogP contribution is 2.24. The number of hydrogen-bond donors (Lipinski definition) is 1. The highest BCUT2D eigenvalue weighted by molar-refractivity contribution is 7.10. The fourth-order valence-electron chi connectivity index (χ4n) is 4.29. The van der Waals surface area contributed by atoms with E-state index >= 15 is 0 Å². The van der Waals surface area contributed by atoms with Gasteiger partial charge in [0, 0.05) is 23.0 Å². The molecule has 1 N–H and O–H groups in total. The molecule has 0 spiro atoms. The van der Waals surface area contributed by atoms with Crippen LogP contribution in [-0.4, -0.2) is 37.8 Å². The van der Waals surface area contributed by atoms with Crippen LogP contribution in [0.2, 0.25) is 0 Å². The first-order valence-corrected chi connectivity index (χ1v) is 12.5. The largest absolute Gasteiger partial charge is 0.497 e. The van der Waals surface area contributed by atoms with E-state index in [2.05, 4.69) is 33.9 Å². The van der Waals surface area contributed by atoms with E-state index in [0.717, 1.165) is 69.3 Å². The molecule has 1 saturated heterocycles. The van der Waals surface area contributed by atoms with Crippen LogP contribution >= 0.6 is 11.3 Å². The second-order valence-corrected chi connectivity index (χ2v) is 9.44. The average Bonchev–Trinajstić information content (AvgIpc) is 3.29. The second kappa shape index (κ2) is 11.4. The Hall–Kier alpha value is -2.44. The molecule has 0 amide bonds. The number of fused-ring (bicyclic) bond motifs is 1. The molecule has 32 heavy (non-hydrogen) atoms. The number of carbonyl (C=O) groups is 1. The number of pyridine rings is 1. The maximum Gasteiger partial charge on any atom is 0.310 e. The Morgan fingerprint density at radius 3 is 2.97 bits per heavy atom. The molecule has 0 aliphatic carbocycles. The number of piperidine rings is 1. The van der Waals surface area contributed by atoms with E-state index in [0.29, 0.717) is 6.61 Å².